The second kappa shape index (κ2) is 9.53. The van der Waals surface area contributed by atoms with Crippen molar-refractivity contribution in [2.24, 2.45) is 0 Å². The molecule has 4 heteroatoms. The molecule has 0 aromatic heterocycles. The summed E-state index contributed by atoms with van der Waals surface area (Å²) >= 11 is 0. The van der Waals surface area contributed by atoms with E-state index in [1.54, 1.807) is 0 Å². The Hall–Kier alpha value is -1.39. The van der Waals surface area contributed by atoms with Crippen LogP contribution >= 0.6 is 0 Å². The van der Waals surface area contributed by atoms with Crippen LogP contribution in [-0.2, 0) is 20.7 Å². The van der Waals surface area contributed by atoms with E-state index in [-0.39, 0.29) is 18.6 Å². The van der Waals surface area contributed by atoms with Gasteiger partial charge in [-0.25, -0.2) is 4.79 Å². The maximum absolute atomic E-state index is 11.2. The van der Waals surface area contributed by atoms with Crippen LogP contribution in [0.1, 0.15) is 18.9 Å². The zero-order valence-corrected chi connectivity index (χ0v) is 11.7. The average molecular weight is 265 g/mol. The molecule has 1 aromatic rings. The van der Waals surface area contributed by atoms with Gasteiger partial charge in [0.15, 0.2) is 0 Å². The third kappa shape index (κ3) is 6.94. The Kier molecular flexibility index (Phi) is 7.86. The Bertz CT molecular complexity index is 354. The zero-order chi connectivity index (χ0) is 13.9. The van der Waals surface area contributed by atoms with Gasteiger partial charge in [0.2, 0.25) is 0 Å². The molecule has 0 heterocycles. The van der Waals surface area contributed by atoms with Crippen LogP contribution in [0.5, 0.6) is 0 Å². The molecule has 19 heavy (non-hydrogen) atoms. The van der Waals surface area contributed by atoms with Crippen molar-refractivity contribution >= 4 is 5.97 Å². The lowest BCUT2D eigenvalue weighted by molar-refractivity contribution is -0.148. The molecule has 1 aromatic carbocycles. The summed E-state index contributed by atoms with van der Waals surface area (Å²) in [6.45, 7) is 3.36. The van der Waals surface area contributed by atoms with E-state index in [0.717, 1.165) is 19.4 Å². The zero-order valence-electron chi connectivity index (χ0n) is 11.7. The summed E-state index contributed by atoms with van der Waals surface area (Å²) in [5.41, 5.74) is 1.31. The van der Waals surface area contributed by atoms with Gasteiger partial charge in [0.1, 0.15) is 13.2 Å². The lowest BCUT2D eigenvalue weighted by Gasteiger charge is -2.17. The Balaban J connectivity index is 2.19. The lowest BCUT2D eigenvalue weighted by atomic mass is 10.1. The fourth-order valence-electron chi connectivity index (χ4n) is 1.74. The van der Waals surface area contributed by atoms with Gasteiger partial charge in [-0.1, -0.05) is 37.3 Å². The van der Waals surface area contributed by atoms with Gasteiger partial charge in [-0.3, -0.25) is 0 Å². The number of methoxy groups -OCH3 is 1. The number of benzene rings is 1. The Morgan fingerprint density at radius 3 is 2.68 bits per heavy atom. The van der Waals surface area contributed by atoms with E-state index in [9.17, 15) is 4.79 Å². The molecule has 0 saturated carbocycles. The first-order valence-electron chi connectivity index (χ1n) is 6.68. The molecule has 0 spiro atoms. The summed E-state index contributed by atoms with van der Waals surface area (Å²) in [6, 6.07) is 10.5. The summed E-state index contributed by atoms with van der Waals surface area (Å²) in [7, 11) is 1.48. The third-order valence-electron chi connectivity index (χ3n) is 2.89. The highest BCUT2D eigenvalue weighted by Crippen LogP contribution is 1.99. The maximum Gasteiger partial charge on any atom is 0.332 e. The van der Waals surface area contributed by atoms with Gasteiger partial charge in [-0.05, 0) is 24.9 Å². The van der Waals surface area contributed by atoms with Gasteiger partial charge in [-0.2, -0.15) is 0 Å². The first-order chi connectivity index (χ1) is 9.26. The van der Waals surface area contributed by atoms with Crippen molar-refractivity contribution in [1.82, 2.24) is 5.32 Å². The van der Waals surface area contributed by atoms with Crippen molar-refractivity contribution in [2.75, 3.05) is 26.9 Å². The van der Waals surface area contributed by atoms with E-state index in [0.29, 0.717) is 6.61 Å². The highest BCUT2D eigenvalue weighted by molar-refractivity contribution is 5.70. The van der Waals surface area contributed by atoms with Gasteiger partial charge in [0, 0.05) is 13.2 Å². The second-order valence-corrected chi connectivity index (χ2v) is 4.41. The van der Waals surface area contributed by atoms with E-state index < -0.39 is 0 Å². The van der Waals surface area contributed by atoms with Gasteiger partial charge < -0.3 is 14.8 Å². The van der Waals surface area contributed by atoms with Crippen LogP contribution in [0, 0.1) is 0 Å². The van der Waals surface area contributed by atoms with Crippen molar-refractivity contribution in [3.05, 3.63) is 35.9 Å². The number of hydrogen-bond donors (Lipinski definition) is 1. The number of ether oxygens (including phenoxy) is 2. The molecule has 0 aliphatic carbocycles. The van der Waals surface area contributed by atoms with Crippen LogP contribution in [0.15, 0.2) is 30.3 Å². The average Bonchev–Trinajstić information content (AvgIpc) is 2.44. The quantitative estimate of drug-likeness (QED) is 0.692. The Morgan fingerprint density at radius 2 is 2.05 bits per heavy atom. The van der Waals surface area contributed by atoms with E-state index in [1.807, 2.05) is 18.2 Å². The molecule has 0 fully saturated rings. The molecule has 0 radical (unpaired) electrons. The molecule has 1 unspecified atom stereocenters. The molecular formula is C15H23NO3. The first-order valence-corrected chi connectivity index (χ1v) is 6.68. The SMILES string of the molecule is CCC(COC(=O)COC)NCCc1ccccc1. The highest BCUT2D eigenvalue weighted by atomic mass is 16.6. The first kappa shape index (κ1) is 15.7. The summed E-state index contributed by atoms with van der Waals surface area (Å²) in [5.74, 6) is -0.314. The largest absolute Gasteiger partial charge is 0.462 e. The van der Waals surface area contributed by atoms with Crippen LogP contribution in [-0.4, -0.2) is 38.9 Å². The minimum atomic E-state index is -0.314. The second-order valence-electron chi connectivity index (χ2n) is 4.41. The molecule has 1 N–H and O–H groups in total. The molecule has 106 valence electrons. The lowest BCUT2D eigenvalue weighted by Crippen LogP contribution is -2.35. The number of carbonyl (C=O) groups excluding carboxylic acids is 1. The van der Waals surface area contributed by atoms with E-state index in [1.165, 1.54) is 12.7 Å². The topological polar surface area (TPSA) is 47.6 Å². The number of hydrogen-bond acceptors (Lipinski definition) is 4. The smallest absolute Gasteiger partial charge is 0.332 e. The van der Waals surface area contributed by atoms with E-state index >= 15 is 0 Å². The van der Waals surface area contributed by atoms with Crippen LogP contribution < -0.4 is 5.32 Å². The summed E-state index contributed by atoms with van der Waals surface area (Å²) in [4.78, 5) is 11.2. The molecule has 1 rings (SSSR count). The molecule has 1 atom stereocenters. The molecular weight excluding hydrogens is 242 g/mol. The van der Waals surface area contributed by atoms with Crippen molar-refractivity contribution in [3.8, 4) is 0 Å². The summed E-state index contributed by atoms with van der Waals surface area (Å²) in [6.07, 6.45) is 1.90. The number of esters is 1. The van der Waals surface area contributed by atoms with Crippen molar-refractivity contribution in [1.29, 1.82) is 0 Å². The monoisotopic (exact) mass is 265 g/mol. The fraction of sp³-hybridized carbons (Fsp3) is 0.533. The molecule has 0 saturated heterocycles. The van der Waals surface area contributed by atoms with Crippen molar-refractivity contribution < 1.29 is 14.3 Å². The number of rotatable bonds is 9. The van der Waals surface area contributed by atoms with Gasteiger partial charge in [-0.15, -0.1) is 0 Å². The Morgan fingerprint density at radius 1 is 1.32 bits per heavy atom. The molecule has 0 aliphatic heterocycles. The third-order valence-corrected chi connectivity index (χ3v) is 2.89. The molecule has 0 aliphatic rings. The predicted octanol–water partition coefficient (Wildman–Crippen LogP) is 1.79. The van der Waals surface area contributed by atoms with Crippen molar-refractivity contribution in [2.45, 2.75) is 25.8 Å². The highest BCUT2D eigenvalue weighted by Gasteiger charge is 2.09. The molecule has 0 amide bonds. The van der Waals surface area contributed by atoms with Crippen molar-refractivity contribution in [3.63, 3.8) is 0 Å². The van der Waals surface area contributed by atoms with E-state index in [2.05, 4.69) is 24.4 Å². The van der Waals surface area contributed by atoms with Crippen LogP contribution in [0.3, 0.4) is 0 Å². The summed E-state index contributed by atoms with van der Waals surface area (Å²) in [5, 5.41) is 3.40. The number of nitrogens with one attached hydrogen (secondary N) is 1. The van der Waals surface area contributed by atoms with Crippen LogP contribution in [0.25, 0.3) is 0 Å². The van der Waals surface area contributed by atoms with E-state index in [4.69, 9.17) is 9.47 Å². The fourth-order valence-corrected chi connectivity index (χ4v) is 1.74. The Labute approximate surface area is 115 Å². The standard InChI is InChI=1S/C15H23NO3/c1-3-14(11-19-15(17)12-18-2)16-10-9-13-7-5-4-6-8-13/h4-8,14,16H,3,9-12H2,1-2H3. The molecule has 4 nitrogen and oxygen atoms in total. The summed E-state index contributed by atoms with van der Waals surface area (Å²) < 4.78 is 9.83. The predicted molar refractivity (Wildman–Crippen MR) is 75.1 cm³/mol. The van der Waals surface area contributed by atoms with Crippen LogP contribution in [0.4, 0.5) is 0 Å². The van der Waals surface area contributed by atoms with Gasteiger partial charge in [0.25, 0.3) is 0 Å². The molecule has 0 bridgehead atoms. The van der Waals surface area contributed by atoms with Gasteiger partial charge in [0.05, 0.1) is 0 Å². The van der Waals surface area contributed by atoms with Crippen LogP contribution in [0.2, 0.25) is 0 Å². The van der Waals surface area contributed by atoms with Gasteiger partial charge >= 0.3 is 5.97 Å². The minimum absolute atomic E-state index is 0.0143. The maximum atomic E-state index is 11.2. The minimum Gasteiger partial charge on any atom is -0.462 e. The normalized spacial score (nSPS) is 12.1. The number of carbonyl (C=O) groups is 1.